The molecule has 0 saturated carbocycles. The van der Waals surface area contributed by atoms with Gasteiger partial charge in [-0.3, -0.25) is 14.6 Å². The van der Waals surface area contributed by atoms with Gasteiger partial charge in [0.15, 0.2) is 0 Å². The van der Waals surface area contributed by atoms with Crippen molar-refractivity contribution >= 4 is 12.1 Å². The number of benzene rings is 1. The number of carbonyl (C=O) groups excluding carboxylic acids is 1. The largest absolute Gasteiger partial charge is 0.330 e. The lowest BCUT2D eigenvalue weighted by atomic mass is 9.96. The number of H-pyrrole nitrogens is 1. The molecule has 2 aromatic heterocycles. The molecule has 29 heavy (non-hydrogen) atoms. The van der Waals surface area contributed by atoms with Crippen molar-refractivity contribution < 1.29 is 4.79 Å². The number of piperidine rings is 1. The second kappa shape index (κ2) is 8.22. The number of likely N-dealkylation sites (tertiary alicyclic amines) is 1. The first kappa shape index (κ1) is 18.8. The molecule has 1 aliphatic rings. The van der Waals surface area contributed by atoms with E-state index in [4.69, 9.17) is 0 Å². The van der Waals surface area contributed by atoms with Crippen LogP contribution in [0.4, 0.5) is 0 Å². The molecule has 0 radical (unpaired) electrons. The molecule has 1 amide bonds. The number of nitrogens with one attached hydrogen (secondary N) is 1. The van der Waals surface area contributed by atoms with Gasteiger partial charge >= 0.3 is 5.56 Å². The molecule has 0 spiro atoms. The Hall–Kier alpha value is -3.55. The summed E-state index contributed by atoms with van der Waals surface area (Å²) in [6.07, 6.45) is 7.80. The Labute approximate surface area is 167 Å². The van der Waals surface area contributed by atoms with Crippen LogP contribution in [0.15, 0.2) is 58.7 Å². The summed E-state index contributed by atoms with van der Waals surface area (Å²) in [6, 6.07) is 11.4. The van der Waals surface area contributed by atoms with Gasteiger partial charge in [0.1, 0.15) is 0 Å². The highest BCUT2D eigenvalue weighted by molar-refractivity contribution is 5.92. The zero-order chi connectivity index (χ0) is 20.2. The monoisotopic (exact) mass is 390 g/mol. The van der Waals surface area contributed by atoms with Crippen LogP contribution in [-0.4, -0.2) is 43.7 Å². The fraction of sp³-hybridized carbons (Fsp3) is 0.286. The lowest BCUT2D eigenvalue weighted by Gasteiger charge is -2.35. The molecule has 1 fully saturated rings. The first-order valence-electron chi connectivity index (χ1n) is 9.63. The van der Waals surface area contributed by atoms with Gasteiger partial charge in [-0.05, 0) is 48.9 Å². The Morgan fingerprint density at radius 3 is 2.90 bits per heavy atom. The fourth-order valence-corrected chi connectivity index (χ4v) is 3.59. The normalized spacial score (nSPS) is 17.0. The van der Waals surface area contributed by atoms with Gasteiger partial charge in [0, 0.05) is 18.9 Å². The molecule has 1 atom stereocenters. The van der Waals surface area contributed by atoms with Gasteiger partial charge in [0.2, 0.25) is 5.69 Å². The summed E-state index contributed by atoms with van der Waals surface area (Å²) in [5.41, 5.74) is 2.18. The molecule has 1 aliphatic heterocycles. The lowest BCUT2D eigenvalue weighted by molar-refractivity contribution is 0.0603. The summed E-state index contributed by atoms with van der Waals surface area (Å²) in [5, 5.41) is 10.6. The zero-order valence-corrected chi connectivity index (χ0v) is 16.2. The Balaban J connectivity index is 1.59. The van der Waals surface area contributed by atoms with Crippen LogP contribution in [-0.2, 0) is 0 Å². The first-order valence-corrected chi connectivity index (χ1v) is 9.63. The van der Waals surface area contributed by atoms with Gasteiger partial charge < -0.3 is 4.90 Å². The van der Waals surface area contributed by atoms with Crippen LogP contribution in [0.5, 0.6) is 0 Å². The predicted molar refractivity (Wildman–Crippen MR) is 109 cm³/mol. The van der Waals surface area contributed by atoms with E-state index in [1.54, 1.807) is 23.5 Å². The van der Waals surface area contributed by atoms with Crippen molar-refractivity contribution in [2.75, 3.05) is 6.54 Å². The third kappa shape index (κ3) is 3.87. The third-order valence-corrected chi connectivity index (χ3v) is 5.19. The topological polar surface area (TPSA) is 96.2 Å². The lowest BCUT2D eigenvalue weighted by Crippen LogP contribution is -2.40. The molecule has 8 heteroatoms. The van der Waals surface area contributed by atoms with Crippen LogP contribution in [0.2, 0.25) is 0 Å². The van der Waals surface area contributed by atoms with Gasteiger partial charge in [-0.1, -0.05) is 30.3 Å². The molecule has 0 aliphatic carbocycles. The summed E-state index contributed by atoms with van der Waals surface area (Å²) >= 11 is 0. The summed E-state index contributed by atoms with van der Waals surface area (Å²) in [4.78, 5) is 32.7. The number of aromatic amines is 1. The van der Waals surface area contributed by atoms with Gasteiger partial charge in [-0.2, -0.15) is 10.3 Å². The molecule has 1 aromatic carbocycles. The van der Waals surface area contributed by atoms with Crippen LogP contribution in [0.1, 0.15) is 52.5 Å². The molecule has 1 unspecified atom stereocenters. The van der Waals surface area contributed by atoms with E-state index in [1.165, 1.54) is 0 Å². The Bertz CT molecular complexity index is 1090. The number of pyridine rings is 1. The van der Waals surface area contributed by atoms with Crippen LogP contribution < -0.4 is 5.56 Å². The number of aryl methyl sites for hydroxylation is 1. The maximum Gasteiger partial charge on any atom is 0.320 e. The van der Waals surface area contributed by atoms with Gasteiger partial charge in [0.05, 0.1) is 12.3 Å². The van der Waals surface area contributed by atoms with Crippen molar-refractivity contribution in [1.29, 1.82) is 0 Å². The van der Waals surface area contributed by atoms with E-state index in [0.29, 0.717) is 6.54 Å². The number of hydrogen-bond donors (Lipinski definition) is 1. The predicted octanol–water partition coefficient (Wildman–Crippen LogP) is 2.52. The SMILES string of the molecule is Cc1ccccc1C=Nn1[nH]nc(C(=O)N2CCCCC2c2cccnc2)c1=O. The van der Waals surface area contributed by atoms with E-state index in [9.17, 15) is 9.59 Å². The summed E-state index contributed by atoms with van der Waals surface area (Å²) < 4.78 is 0. The molecule has 148 valence electrons. The minimum atomic E-state index is -0.560. The van der Waals surface area contributed by atoms with Gasteiger partial charge in [-0.25, -0.2) is 0 Å². The summed E-state index contributed by atoms with van der Waals surface area (Å²) in [6.45, 7) is 2.54. The standard InChI is InChI=1S/C21H22N6O2/c1-15-7-2-3-8-16(15)14-23-27-21(29)19(24-25-27)20(28)26-12-5-4-10-18(26)17-9-6-11-22-13-17/h2-3,6-9,11,13-14,18,25H,4-5,10,12H2,1H3. The molecule has 3 aromatic rings. The molecule has 1 N–H and O–H groups in total. The van der Waals surface area contributed by atoms with Crippen LogP contribution in [0.25, 0.3) is 0 Å². The number of aromatic nitrogens is 4. The molecule has 0 bridgehead atoms. The van der Waals surface area contributed by atoms with Gasteiger partial charge in [0.25, 0.3) is 5.91 Å². The van der Waals surface area contributed by atoms with E-state index in [1.807, 2.05) is 43.3 Å². The van der Waals surface area contributed by atoms with Crippen molar-refractivity contribution in [3.8, 4) is 0 Å². The number of hydrogen-bond acceptors (Lipinski definition) is 5. The third-order valence-electron chi connectivity index (χ3n) is 5.19. The van der Waals surface area contributed by atoms with Crippen molar-refractivity contribution in [1.82, 2.24) is 25.0 Å². The minimum Gasteiger partial charge on any atom is -0.330 e. The Kier molecular flexibility index (Phi) is 5.33. The molecule has 4 rings (SSSR count). The van der Waals surface area contributed by atoms with E-state index in [0.717, 1.165) is 40.7 Å². The maximum atomic E-state index is 13.1. The highest BCUT2D eigenvalue weighted by Crippen LogP contribution is 2.31. The van der Waals surface area contributed by atoms with E-state index < -0.39 is 5.56 Å². The second-order valence-corrected chi connectivity index (χ2v) is 7.08. The average molecular weight is 390 g/mol. The van der Waals surface area contributed by atoms with Crippen molar-refractivity contribution in [3.05, 3.63) is 81.5 Å². The van der Waals surface area contributed by atoms with Crippen molar-refractivity contribution in [2.24, 2.45) is 5.10 Å². The Morgan fingerprint density at radius 1 is 1.24 bits per heavy atom. The van der Waals surface area contributed by atoms with Crippen molar-refractivity contribution in [2.45, 2.75) is 32.2 Å². The number of rotatable bonds is 4. The molecule has 8 nitrogen and oxygen atoms in total. The summed E-state index contributed by atoms with van der Waals surface area (Å²) in [5.74, 6) is -0.385. The molecule has 1 saturated heterocycles. The van der Waals surface area contributed by atoms with E-state index >= 15 is 0 Å². The second-order valence-electron chi connectivity index (χ2n) is 7.08. The zero-order valence-electron chi connectivity index (χ0n) is 16.2. The summed E-state index contributed by atoms with van der Waals surface area (Å²) in [7, 11) is 0. The first-order chi connectivity index (χ1) is 14.1. The van der Waals surface area contributed by atoms with Gasteiger partial charge in [-0.15, -0.1) is 9.89 Å². The number of amides is 1. The van der Waals surface area contributed by atoms with Crippen LogP contribution in [0, 0.1) is 6.92 Å². The van der Waals surface area contributed by atoms with Crippen LogP contribution >= 0.6 is 0 Å². The van der Waals surface area contributed by atoms with Crippen LogP contribution in [0.3, 0.4) is 0 Å². The number of nitrogens with zero attached hydrogens (tertiary/aromatic N) is 5. The highest BCUT2D eigenvalue weighted by atomic mass is 16.2. The fourth-order valence-electron chi connectivity index (χ4n) is 3.59. The highest BCUT2D eigenvalue weighted by Gasteiger charge is 2.32. The van der Waals surface area contributed by atoms with E-state index in [2.05, 4.69) is 20.4 Å². The van der Waals surface area contributed by atoms with Crippen molar-refractivity contribution in [3.63, 3.8) is 0 Å². The molecular weight excluding hydrogens is 368 g/mol. The number of carbonyl (C=O) groups is 1. The smallest absolute Gasteiger partial charge is 0.320 e. The van der Waals surface area contributed by atoms with E-state index in [-0.39, 0.29) is 17.6 Å². The average Bonchev–Trinajstić information content (AvgIpc) is 3.13. The molecule has 3 heterocycles. The quantitative estimate of drug-likeness (QED) is 0.693. The Morgan fingerprint density at radius 2 is 2.10 bits per heavy atom. The maximum absolute atomic E-state index is 13.1. The minimum absolute atomic E-state index is 0.107. The molecular formula is C21H22N6O2.